The summed E-state index contributed by atoms with van der Waals surface area (Å²) in [6.45, 7) is 11.1. The van der Waals surface area contributed by atoms with Crippen LogP contribution in [0.3, 0.4) is 0 Å². The minimum Gasteiger partial charge on any atom is -0.467 e. The zero-order valence-corrected chi connectivity index (χ0v) is 11.5. The largest absolute Gasteiger partial charge is 0.467 e. The minimum atomic E-state index is 0.266. The predicted octanol–water partition coefficient (Wildman–Crippen LogP) is 3.34. The summed E-state index contributed by atoms with van der Waals surface area (Å²) in [5.74, 6) is 1.45. The smallest absolute Gasteiger partial charge is 0.129 e. The summed E-state index contributed by atoms with van der Waals surface area (Å²) >= 11 is 0. The van der Waals surface area contributed by atoms with Crippen LogP contribution in [0.5, 0.6) is 0 Å². The van der Waals surface area contributed by atoms with Gasteiger partial charge in [-0.25, -0.2) is 0 Å². The fraction of sp³-hybridized carbons (Fsp3) is 0.714. The van der Waals surface area contributed by atoms with E-state index >= 15 is 0 Å². The lowest BCUT2D eigenvalue weighted by Gasteiger charge is -2.15. The second-order valence-corrected chi connectivity index (χ2v) is 4.86. The number of hydrogen-bond acceptors (Lipinski definition) is 3. The summed E-state index contributed by atoms with van der Waals surface area (Å²) < 4.78 is 11.2. The second-order valence-electron chi connectivity index (χ2n) is 4.86. The Labute approximate surface area is 105 Å². The highest BCUT2D eigenvalue weighted by Crippen LogP contribution is 2.12. The maximum absolute atomic E-state index is 5.71. The van der Waals surface area contributed by atoms with Crippen molar-refractivity contribution in [2.75, 3.05) is 6.54 Å². The van der Waals surface area contributed by atoms with Crippen LogP contribution in [0, 0.1) is 5.92 Å². The first-order valence-electron chi connectivity index (χ1n) is 6.52. The Morgan fingerprint density at radius 1 is 1.35 bits per heavy atom. The Hall–Kier alpha value is -0.800. The molecule has 17 heavy (non-hydrogen) atoms. The van der Waals surface area contributed by atoms with Gasteiger partial charge in [0.25, 0.3) is 0 Å². The lowest BCUT2D eigenvalue weighted by atomic mass is 10.1. The zero-order chi connectivity index (χ0) is 12.7. The van der Waals surface area contributed by atoms with E-state index in [1.165, 1.54) is 5.56 Å². The molecule has 1 aromatic heterocycles. The van der Waals surface area contributed by atoms with Gasteiger partial charge in [-0.1, -0.05) is 20.8 Å². The third-order valence-electron chi connectivity index (χ3n) is 2.89. The van der Waals surface area contributed by atoms with E-state index in [1.54, 1.807) is 6.26 Å². The van der Waals surface area contributed by atoms with Crippen LogP contribution < -0.4 is 5.32 Å². The molecule has 0 saturated carbocycles. The first-order chi connectivity index (χ1) is 8.13. The van der Waals surface area contributed by atoms with Gasteiger partial charge >= 0.3 is 0 Å². The van der Waals surface area contributed by atoms with Gasteiger partial charge in [0.1, 0.15) is 12.4 Å². The maximum atomic E-state index is 5.71. The molecule has 1 heterocycles. The van der Waals surface area contributed by atoms with Crippen molar-refractivity contribution in [3.8, 4) is 0 Å². The molecule has 0 spiro atoms. The van der Waals surface area contributed by atoms with Gasteiger partial charge in [0.2, 0.25) is 0 Å². The van der Waals surface area contributed by atoms with Crippen molar-refractivity contribution in [2.45, 2.75) is 53.4 Å². The molecule has 1 atom stereocenters. The van der Waals surface area contributed by atoms with Gasteiger partial charge < -0.3 is 14.5 Å². The van der Waals surface area contributed by atoms with Crippen LogP contribution in [0.4, 0.5) is 0 Å². The number of furan rings is 1. The van der Waals surface area contributed by atoms with E-state index in [1.807, 2.05) is 0 Å². The van der Waals surface area contributed by atoms with Crippen molar-refractivity contribution in [1.82, 2.24) is 5.32 Å². The fourth-order valence-corrected chi connectivity index (χ4v) is 1.41. The molecular weight excluding hydrogens is 214 g/mol. The van der Waals surface area contributed by atoms with Crippen molar-refractivity contribution in [2.24, 2.45) is 5.92 Å². The van der Waals surface area contributed by atoms with Crippen molar-refractivity contribution >= 4 is 0 Å². The molecule has 0 bridgehead atoms. The van der Waals surface area contributed by atoms with Crippen LogP contribution in [0.2, 0.25) is 0 Å². The van der Waals surface area contributed by atoms with Crippen LogP contribution in [0.1, 0.15) is 45.4 Å². The van der Waals surface area contributed by atoms with Gasteiger partial charge in [-0.2, -0.15) is 0 Å². The van der Waals surface area contributed by atoms with E-state index in [-0.39, 0.29) is 6.10 Å². The lowest BCUT2D eigenvalue weighted by Crippen LogP contribution is -2.15. The van der Waals surface area contributed by atoms with E-state index in [9.17, 15) is 0 Å². The predicted molar refractivity (Wildman–Crippen MR) is 69.8 cm³/mol. The molecule has 0 aliphatic heterocycles. The average molecular weight is 239 g/mol. The SMILES string of the molecule is CCCNCc1coc(COC(C)C(C)C)c1. The van der Waals surface area contributed by atoms with Gasteiger partial charge in [-0.05, 0) is 31.9 Å². The molecule has 0 radical (unpaired) electrons. The topological polar surface area (TPSA) is 34.4 Å². The van der Waals surface area contributed by atoms with Crippen molar-refractivity contribution in [3.63, 3.8) is 0 Å². The van der Waals surface area contributed by atoms with E-state index in [0.717, 1.165) is 25.3 Å². The summed E-state index contributed by atoms with van der Waals surface area (Å²) in [7, 11) is 0. The zero-order valence-electron chi connectivity index (χ0n) is 11.5. The number of rotatable bonds is 8. The first kappa shape index (κ1) is 14.3. The normalized spacial score (nSPS) is 13.2. The van der Waals surface area contributed by atoms with Crippen molar-refractivity contribution in [3.05, 3.63) is 23.7 Å². The summed E-state index contributed by atoms with van der Waals surface area (Å²) in [6.07, 6.45) is 3.22. The van der Waals surface area contributed by atoms with E-state index in [4.69, 9.17) is 9.15 Å². The Morgan fingerprint density at radius 3 is 2.76 bits per heavy atom. The summed E-state index contributed by atoms with van der Waals surface area (Å²) in [5, 5.41) is 3.35. The van der Waals surface area contributed by atoms with Crippen LogP contribution >= 0.6 is 0 Å². The van der Waals surface area contributed by atoms with E-state index in [0.29, 0.717) is 12.5 Å². The standard InChI is InChI=1S/C14H25NO2/c1-5-6-15-8-13-7-14(17-9-13)10-16-12(4)11(2)3/h7,9,11-12,15H,5-6,8,10H2,1-4H3. The molecule has 0 aliphatic carbocycles. The van der Waals surface area contributed by atoms with E-state index < -0.39 is 0 Å². The Bertz CT molecular complexity index is 307. The molecule has 1 rings (SSSR count). The molecule has 0 aliphatic rings. The molecule has 1 N–H and O–H groups in total. The van der Waals surface area contributed by atoms with Crippen molar-refractivity contribution < 1.29 is 9.15 Å². The molecule has 3 heteroatoms. The average Bonchev–Trinajstić information content (AvgIpc) is 2.74. The number of ether oxygens (including phenoxy) is 1. The number of hydrogen-bond donors (Lipinski definition) is 1. The highest BCUT2D eigenvalue weighted by molar-refractivity contribution is 5.12. The fourth-order valence-electron chi connectivity index (χ4n) is 1.41. The molecule has 98 valence electrons. The molecule has 1 aromatic rings. The van der Waals surface area contributed by atoms with Gasteiger partial charge in [0.05, 0.1) is 12.4 Å². The Kier molecular flexibility index (Phi) is 6.30. The minimum absolute atomic E-state index is 0.266. The van der Waals surface area contributed by atoms with Crippen LogP contribution in [0.15, 0.2) is 16.7 Å². The van der Waals surface area contributed by atoms with Gasteiger partial charge in [-0.15, -0.1) is 0 Å². The molecular formula is C14H25NO2. The maximum Gasteiger partial charge on any atom is 0.129 e. The molecule has 1 unspecified atom stereocenters. The van der Waals surface area contributed by atoms with Gasteiger partial charge in [0, 0.05) is 12.1 Å². The summed E-state index contributed by atoms with van der Waals surface area (Å²) in [4.78, 5) is 0. The van der Waals surface area contributed by atoms with Crippen LogP contribution in [-0.2, 0) is 17.9 Å². The van der Waals surface area contributed by atoms with Gasteiger partial charge in [0.15, 0.2) is 0 Å². The summed E-state index contributed by atoms with van der Waals surface area (Å²) in [5.41, 5.74) is 1.19. The van der Waals surface area contributed by atoms with Crippen LogP contribution in [-0.4, -0.2) is 12.6 Å². The Morgan fingerprint density at radius 2 is 2.12 bits per heavy atom. The highest BCUT2D eigenvalue weighted by Gasteiger charge is 2.09. The lowest BCUT2D eigenvalue weighted by molar-refractivity contribution is 0.0149. The molecule has 0 fully saturated rings. The Balaban J connectivity index is 2.30. The molecule has 0 aromatic carbocycles. The van der Waals surface area contributed by atoms with Crippen molar-refractivity contribution in [1.29, 1.82) is 0 Å². The molecule has 0 saturated heterocycles. The molecule has 3 nitrogen and oxygen atoms in total. The summed E-state index contributed by atoms with van der Waals surface area (Å²) in [6, 6.07) is 2.07. The first-order valence-corrected chi connectivity index (χ1v) is 6.52. The van der Waals surface area contributed by atoms with E-state index in [2.05, 4.69) is 39.1 Å². The monoisotopic (exact) mass is 239 g/mol. The van der Waals surface area contributed by atoms with Crippen LogP contribution in [0.25, 0.3) is 0 Å². The third-order valence-corrected chi connectivity index (χ3v) is 2.89. The highest BCUT2D eigenvalue weighted by atomic mass is 16.5. The second kappa shape index (κ2) is 7.51. The number of nitrogens with one attached hydrogen (secondary N) is 1. The van der Waals surface area contributed by atoms with Gasteiger partial charge in [-0.3, -0.25) is 0 Å². The third kappa shape index (κ3) is 5.37. The quantitative estimate of drug-likeness (QED) is 0.706. The molecule has 0 amide bonds.